The Morgan fingerprint density at radius 1 is 1.16 bits per heavy atom. The largest absolute Gasteiger partial charge is 0.310 e. The molecule has 0 radical (unpaired) electrons. The second-order valence-electron chi connectivity index (χ2n) is 6.14. The van der Waals surface area contributed by atoms with E-state index in [1.54, 1.807) is 0 Å². The third kappa shape index (κ3) is 4.61. The van der Waals surface area contributed by atoms with Crippen LogP contribution >= 0.6 is 0 Å². The molecule has 1 unspecified atom stereocenters. The smallest absolute Gasteiger partial charge is 0.123 e. The van der Waals surface area contributed by atoms with E-state index in [9.17, 15) is 4.39 Å². The first kappa shape index (κ1) is 14.5. The third-order valence-electron chi connectivity index (χ3n) is 4.51. The summed E-state index contributed by atoms with van der Waals surface area (Å²) in [4.78, 5) is 0. The van der Waals surface area contributed by atoms with Crippen molar-refractivity contribution in [2.75, 3.05) is 6.54 Å². The molecule has 0 heterocycles. The zero-order valence-corrected chi connectivity index (χ0v) is 12.2. The molecule has 1 aromatic rings. The fraction of sp³-hybridized carbons (Fsp3) is 0.647. The van der Waals surface area contributed by atoms with Crippen LogP contribution in [-0.4, -0.2) is 6.54 Å². The summed E-state index contributed by atoms with van der Waals surface area (Å²) < 4.78 is 12.9. The van der Waals surface area contributed by atoms with Crippen LogP contribution in [0.15, 0.2) is 24.3 Å². The van der Waals surface area contributed by atoms with E-state index in [0.29, 0.717) is 6.04 Å². The number of hydrogen-bond acceptors (Lipinski definition) is 1. The Labute approximate surface area is 116 Å². The molecule has 1 aliphatic carbocycles. The van der Waals surface area contributed by atoms with Crippen molar-refractivity contribution in [3.8, 4) is 0 Å². The van der Waals surface area contributed by atoms with Crippen molar-refractivity contribution in [2.24, 2.45) is 11.8 Å². The molecule has 1 N–H and O–H groups in total. The summed E-state index contributed by atoms with van der Waals surface area (Å²) in [7, 11) is 0. The van der Waals surface area contributed by atoms with Crippen molar-refractivity contribution in [3.63, 3.8) is 0 Å². The molecule has 1 nitrogen and oxygen atoms in total. The van der Waals surface area contributed by atoms with Crippen LogP contribution < -0.4 is 5.32 Å². The minimum Gasteiger partial charge on any atom is -0.310 e. The summed E-state index contributed by atoms with van der Waals surface area (Å²) in [5.41, 5.74) is 1.17. The molecular weight excluding hydrogens is 237 g/mol. The Balaban J connectivity index is 1.69. The molecule has 1 fully saturated rings. The van der Waals surface area contributed by atoms with Gasteiger partial charge in [-0.05, 0) is 49.4 Å². The number of rotatable bonds is 5. The zero-order chi connectivity index (χ0) is 13.7. The molecule has 19 heavy (non-hydrogen) atoms. The van der Waals surface area contributed by atoms with E-state index in [-0.39, 0.29) is 5.82 Å². The Bertz CT molecular complexity index is 365. The molecule has 2 heteroatoms. The average Bonchev–Trinajstić information content (AvgIpc) is 2.41. The monoisotopic (exact) mass is 263 g/mol. The highest BCUT2D eigenvalue weighted by Crippen LogP contribution is 2.30. The first-order valence-corrected chi connectivity index (χ1v) is 7.64. The molecule has 0 aromatic heterocycles. The first-order chi connectivity index (χ1) is 9.15. The van der Waals surface area contributed by atoms with Crippen molar-refractivity contribution in [1.82, 2.24) is 5.32 Å². The predicted octanol–water partition coefficient (Wildman–Crippen LogP) is 4.69. The topological polar surface area (TPSA) is 12.0 Å². The highest BCUT2D eigenvalue weighted by atomic mass is 19.1. The fourth-order valence-corrected chi connectivity index (χ4v) is 2.99. The van der Waals surface area contributed by atoms with Crippen molar-refractivity contribution in [2.45, 2.75) is 52.0 Å². The van der Waals surface area contributed by atoms with Crippen molar-refractivity contribution in [3.05, 3.63) is 35.6 Å². The Hall–Kier alpha value is -0.890. The number of nitrogens with one attached hydrogen (secondary N) is 1. The number of halogens is 1. The molecule has 0 aliphatic heterocycles. The third-order valence-corrected chi connectivity index (χ3v) is 4.51. The van der Waals surface area contributed by atoms with E-state index in [1.165, 1.54) is 49.8 Å². The van der Waals surface area contributed by atoms with Crippen LogP contribution in [0.2, 0.25) is 0 Å². The lowest BCUT2D eigenvalue weighted by atomic mass is 9.81. The van der Waals surface area contributed by atoms with E-state index in [4.69, 9.17) is 0 Å². The molecule has 1 aromatic carbocycles. The summed E-state index contributed by atoms with van der Waals surface area (Å²) >= 11 is 0. The van der Waals surface area contributed by atoms with Crippen LogP contribution in [0.4, 0.5) is 4.39 Å². The van der Waals surface area contributed by atoms with E-state index < -0.39 is 0 Å². The Morgan fingerprint density at radius 2 is 1.79 bits per heavy atom. The molecular formula is C17H26FN. The molecule has 0 bridgehead atoms. The summed E-state index contributed by atoms with van der Waals surface area (Å²) in [6.45, 7) is 5.58. The number of benzene rings is 1. The maximum Gasteiger partial charge on any atom is 0.123 e. The van der Waals surface area contributed by atoms with Crippen LogP contribution in [0.25, 0.3) is 0 Å². The molecule has 1 aliphatic rings. The van der Waals surface area contributed by atoms with Gasteiger partial charge in [0, 0.05) is 6.04 Å². The minimum atomic E-state index is -0.160. The Morgan fingerprint density at radius 3 is 2.42 bits per heavy atom. The van der Waals surface area contributed by atoms with Gasteiger partial charge < -0.3 is 5.32 Å². The fourth-order valence-electron chi connectivity index (χ4n) is 2.99. The summed E-state index contributed by atoms with van der Waals surface area (Å²) in [5, 5.41) is 3.55. The molecule has 1 saturated carbocycles. The van der Waals surface area contributed by atoms with Crippen LogP contribution in [0.3, 0.4) is 0 Å². The van der Waals surface area contributed by atoms with Crippen molar-refractivity contribution < 1.29 is 4.39 Å². The van der Waals surface area contributed by atoms with Gasteiger partial charge in [0.1, 0.15) is 5.82 Å². The molecule has 2 rings (SSSR count). The summed E-state index contributed by atoms with van der Waals surface area (Å²) in [6.07, 6.45) is 6.87. The molecule has 106 valence electrons. The van der Waals surface area contributed by atoms with Gasteiger partial charge in [-0.25, -0.2) is 4.39 Å². The highest BCUT2D eigenvalue weighted by Gasteiger charge is 2.17. The van der Waals surface area contributed by atoms with Crippen molar-refractivity contribution in [1.29, 1.82) is 0 Å². The van der Waals surface area contributed by atoms with Gasteiger partial charge in [0.2, 0.25) is 0 Å². The highest BCUT2D eigenvalue weighted by molar-refractivity contribution is 5.19. The Kier molecular flexibility index (Phi) is 5.38. The van der Waals surface area contributed by atoms with Gasteiger partial charge in [0.15, 0.2) is 0 Å². The lowest BCUT2D eigenvalue weighted by Gasteiger charge is -2.26. The zero-order valence-electron chi connectivity index (χ0n) is 12.2. The molecule has 0 spiro atoms. The van der Waals surface area contributed by atoms with Gasteiger partial charge in [0.05, 0.1) is 0 Å². The molecule has 0 amide bonds. The summed E-state index contributed by atoms with van der Waals surface area (Å²) in [5.74, 6) is 1.68. The lowest BCUT2D eigenvalue weighted by Crippen LogP contribution is -2.23. The van der Waals surface area contributed by atoms with E-state index in [2.05, 4.69) is 19.2 Å². The maximum absolute atomic E-state index is 12.9. The number of hydrogen-bond donors (Lipinski definition) is 1. The van der Waals surface area contributed by atoms with Gasteiger partial charge in [-0.2, -0.15) is 0 Å². The van der Waals surface area contributed by atoms with Crippen LogP contribution in [0.5, 0.6) is 0 Å². The second-order valence-corrected chi connectivity index (χ2v) is 6.14. The maximum atomic E-state index is 12.9. The van der Waals surface area contributed by atoms with E-state index in [0.717, 1.165) is 18.4 Å². The minimum absolute atomic E-state index is 0.160. The average molecular weight is 263 g/mol. The quantitative estimate of drug-likeness (QED) is 0.812. The van der Waals surface area contributed by atoms with Crippen LogP contribution in [0, 0.1) is 17.7 Å². The molecule has 0 saturated heterocycles. The molecule has 1 atom stereocenters. The van der Waals surface area contributed by atoms with Gasteiger partial charge in [-0.15, -0.1) is 0 Å². The van der Waals surface area contributed by atoms with Gasteiger partial charge in [0.25, 0.3) is 0 Å². The van der Waals surface area contributed by atoms with Crippen molar-refractivity contribution >= 4 is 0 Å². The first-order valence-electron chi connectivity index (χ1n) is 7.64. The van der Waals surface area contributed by atoms with Crippen LogP contribution in [-0.2, 0) is 0 Å². The SMILES string of the molecule is CC1CCC(CCNC(C)c2ccc(F)cc2)CC1. The van der Waals surface area contributed by atoms with Gasteiger partial charge >= 0.3 is 0 Å². The van der Waals surface area contributed by atoms with E-state index in [1.807, 2.05) is 12.1 Å². The standard InChI is InChI=1S/C17H26FN/c1-13-3-5-15(6-4-13)11-12-19-14(2)16-7-9-17(18)10-8-16/h7-10,13-15,19H,3-6,11-12H2,1-2H3. The summed E-state index contributed by atoms with van der Waals surface area (Å²) in [6, 6.07) is 7.12. The van der Waals surface area contributed by atoms with Gasteiger partial charge in [-0.3, -0.25) is 0 Å². The lowest BCUT2D eigenvalue weighted by molar-refractivity contribution is 0.273. The van der Waals surface area contributed by atoms with Crippen LogP contribution in [0.1, 0.15) is 57.6 Å². The van der Waals surface area contributed by atoms with Gasteiger partial charge in [-0.1, -0.05) is 44.7 Å². The second kappa shape index (κ2) is 7.04. The predicted molar refractivity (Wildman–Crippen MR) is 78.6 cm³/mol. The normalized spacial score (nSPS) is 25.2. The van der Waals surface area contributed by atoms with E-state index >= 15 is 0 Å².